The third-order valence-corrected chi connectivity index (χ3v) is 8.10. The number of esters is 1. The molecule has 0 unspecified atom stereocenters. The number of hydrogen-bond acceptors (Lipinski definition) is 7. The number of benzene rings is 3. The number of nitrogens with zero attached hydrogens (tertiary/aromatic N) is 3. The number of H-pyrrole nitrogens is 1. The summed E-state index contributed by atoms with van der Waals surface area (Å²) in [6.07, 6.45) is -0.801. The number of anilines is 2. The molecule has 1 saturated heterocycles. The molecule has 1 fully saturated rings. The van der Waals surface area contributed by atoms with Gasteiger partial charge in [0.1, 0.15) is 11.9 Å². The first-order chi connectivity index (χ1) is 17.7. The number of sulfonamides is 1. The summed E-state index contributed by atoms with van der Waals surface area (Å²) in [6.45, 7) is 0.00538. The van der Waals surface area contributed by atoms with Gasteiger partial charge in [-0.3, -0.25) is 0 Å². The Morgan fingerprint density at radius 3 is 2.51 bits per heavy atom. The van der Waals surface area contributed by atoms with E-state index in [1.54, 1.807) is 48.5 Å². The van der Waals surface area contributed by atoms with E-state index in [2.05, 4.69) is 15.3 Å². The van der Waals surface area contributed by atoms with E-state index >= 15 is 0 Å². The molecule has 11 heteroatoms. The van der Waals surface area contributed by atoms with Crippen molar-refractivity contribution in [1.29, 1.82) is 0 Å². The Hall–Kier alpha value is -3.96. The second-order valence-electron chi connectivity index (χ2n) is 9.02. The van der Waals surface area contributed by atoms with Gasteiger partial charge in [0.05, 0.1) is 34.1 Å². The molecule has 0 aliphatic carbocycles. The van der Waals surface area contributed by atoms with Gasteiger partial charge in [0.15, 0.2) is 0 Å². The van der Waals surface area contributed by atoms with Crippen LogP contribution < -0.4 is 10.2 Å². The van der Waals surface area contributed by atoms with Crippen molar-refractivity contribution < 1.29 is 22.3 Å². The quantitative estimate of drug-likeness (QED) is 0.357. The van der Waals surface area contributed by atoms with Gasteiger partial charge in [0.25, 0.3) is 0 Å². The average molecular weight is 524 g/mol. The van der Waals surface area contributed by atoms with Crippen LogP contribution in [-0.2, 0) is 14.8 Å². The highest BCUT2D eigenvalue weighted by Crippen LogP contribution is 2.26. The molecular formula is C26H26FN5O4S. The van der Waals surface area contributed by atoms with Crippen molar-refractivity contribution in [3.05, 3.63) is 84.2 Å². The maximum absolute atomic E-state index is 13.6. The average Bonchev–Trinajstić information content (AvgIpc) is 3.48. The molecule has 37 heavy (non-hydrogen) atoms. The van der Waals surface area contributed by atoms with Gasteiger partial charge in [0.2, 0.25) is 16.0 Å². The Bertz CT molecular complexity index is 1520. The third-order valence-electron chi connectivity index (χ3n) is 6.26. The predicted octanol–water partition coefficient (Wildman–Crippen LogP) is 3.48. The Morgan fingerprint density at radius 1 is 1.08 bits per heavy atom. The normalized spacial score (nSPS) is 18.1. The molecule has 2 heterocycles. The van der Waals surface area contributed by atoms with Crippen LogP contribution in [-0.4, -0.2) is 68.0 Å². The van der Waals surface area contributed by atoms with Crippen LogP contribution >= 0.6 is 0 Å². The first-order valence-corrected chi connectivity index (χ1v) is 13.1. The Balaban J connectivity index is 1.40. The molecule has 9 nitrogen and oxygen atoms in total. The number of nitrogens with one attached hydrogen (secondary N) is 2. The zero-order valence-electron chi connectivity index (χ0n) is 20.3. The summed E-state index contributed by atoms with van der Waals surface area (Å²) in [4.78, 5) is 22.5. The minimum absolute atomic E-state index is 0.0364. The van der Waals surface area contributed by atoms with Crippen LogP contribution in [0.5, 0.6) is 0 Å². The second-order valence-corrected chi connectivity index (χ2v) is 11.0. The summed E-state index contributed by atoms with van der Waals surface area (Å²) in [5.74, 6) is -0.649. The summed E-state index contributed by atoms with van der Waals surface area (Å²) in [7, 11) is -0.0280. The maximum Gasteiger partial charge on any atom is 0.338 e. The number of rotatable bonds is 7. The van der Waals surface area contributed by atoms with Gasteiger partial charge in [-0.05, 0) is 54.6 Å². The second kappa shape index (κ2) is 9.83. The third kappa shape index (κ3) is 5.13. The van der Waals surface area contributed by atoms with Crippen LogP contribution in [0.1, 0.15) is 10.4 Å². The number of aromatic amines is 1. The van der Waals surface area contributed by atoms with Crippen molar-refractivity contribution >= 4 is 38.7 Å². The van der Waals surface area contributed by atoms with E-state index in [9.17, 15) is 17.6 Å². The van der Waals surface area contributed by atoms with Crippen LogP contribution in [0.2, 0.25) is 0 Å². The fourth-order valence-corrected chi connectivity index (χ4v) is 5.76. The predicted molar refractivity (Wildman–Crippen MR) is 139 cm³/mol. The molecule has 0 amide bonds. The monoisotopic (exact) mass is 523 g/mol. The van der Waals surface area contributed by atoms with Gasteiger partial charge in [0, 0.05) is 26.3 Å². The van der Waals surface area contributed by atoms with Crippen molar-refractivity contribution in [2.24, 2.45) is 0 Å². The molecule has 0 spiro atoms. The molecule has 1 aliphatic heterocycles. The molecule has 1 aromatic heterocycles. The fourth-order valence-electron chi connectivity index (χ4n) is 4.26. The summed E-state index contributed by atoms with van der Waals surface area (Å²) in [5, 5.41) is 3.16. The summed E-state index contributed by atoms with van der Waals surface area (Å²) in [5.41, 5.74) is 2.32. The van der Waals surface area contributed by atoms with Gasteiger partial charge in [-0.25, -0.2) is 22.6 Å². The number of carbonyl (C=O) groups excluding carboxylic acids is 1. The highest BCUT2D eigenvalue weighted by molar-refractivity contribution is 7.89. The summed E-state index contributed by atoms with van der Waals surface area (Å²) < 4.78 is 47.3. The van der Waals surface area contributed by atoms with Gasteiger partial charge in [-0.2, -0.15) is 4.31 Å². The van der Waals surface area contributed by atoms with Crippen molar-refractivity contribution in [3.8, 4) is 0 Å². The highest BCUT2D eigenvalue weighted by Gasteiger charge is 2.42. The van der Waals surface area contributed by atoms with Crippen molar-refractivity contribution in [2.45, 2.75) is 17.0 Å². The van der Waals surface area contributed by atoms with Crippen LogP contribution in [0.25, 0.3) is 11.0 Å². The molecule has 4 aromatic rings. The lowest BCUT2D eigenvalue weighted by molar-refractivity contribution is 0.0316. The van der Waals surface area contributed by atoms with E-state index < -0.39 is 34.0 Å². The van der Waals surface area contributed by atoms with Gasteiger partial charge >= 0.3 is 5.97 Å². The standard InChI is InChI=1S/C26H26FN5O4S/c1-31(2)19-11-8-17(9-12-19)25(33)36-24-16-32(37(34,35)20-6-4-3-5-7-20)15-23(24)30-26-28-21-13-10-18(27)14-22(21)29-26/h3-14,23-24H,15-16H2,1-2H3,(H2,28,29,30)/t23-,24-/m0/s1. The van der Waals surface area contributed by atoms with E-state index in [0.29, 0.717) is 22.5 Å². The van der Waals surface area contributed by atoms with E-state index in [1.165, 1.54) is 28.6 Å². The van der Waals surface area contributed by atoms with Gasteiger partial charge < -0.3 is 19.9 Å². The molecule has 1 aliphatic rings. The number of halogens is 1. The van der Waals surface area contributed by atoms with Crippen molar-refractivity contribution in [1.82, 2.24) is 14.3 Å². The molecule has 2 atom stereocenters. The highest BCUT2D eigenvalue weighted by atomic mass is 32.2. The molecule has 0 saturated carbocycles. The molecule has 3 aromatic carbocycles. The molecule has 5 rings (SSSR count). The molecule has 0 bridgehead atoms. The van der Waals surface area contributed by atoms with E-state index in [0.717, 1.165) is 5.69 Å². The van der Waals surface area contributed by atoms with Crippen molar-refractivity contribution in [3.63, 3.8) is 0 Å². The zero-order valence-corrected chi connectivity index (χ0v) is 21.1. The topological polar surface area (TPSA) is 108 Å². The summed E-state index contributed by atoms with van der Waals surface area (Å²) in [6, 6.07) is 18.6. The maximum atomic E-state index is 13.6. The Labute approximate surface area is 213 Å². The number of imidazole rings is 1. The Kier molecular flexibility index (Phi) is 6.57. The number of hydrogen-bond donors (Lipinski definition) is 2. The van der Waals surface area contributed by atoms with Crippen LogP contribution in [0.3, 0.4) is 0 Å². The van der Waals surface area contributed by atoms with E-state index in [1.807, 2.05) is 19.0 Å². The largest absolute Gasteiger partial charge is 0.455 e. The molecule has 2 N–H and O–H groups in total. The minimum atomic E-state index is -3.83. The molecule has 192 valence electrons. The Morgan fingerprint density at radius 2 is 1.81 bits per heavy atom. The first-order valence-electron chi connectivity index (χ1n) is 11.7. The van der Waals surface area contributed by atoms with Crippen molar-refractivity contribution in [2.75, 3.05) is 37.4 Å². The zero-order chi connectivity index (χ0) is 26.2. The minimum Gasteiger partial charge on any atom is -0.455 e. The smallest absolute Gasteiger partial charge is 0.338 e. The molecular weight excluding hydrogens is 497 g/mol. The first kappa shape index (κ1) is 24.7. The number of carbonyl (C=O) groups is 1. The number of aromatic nitrogens is 2. The lowest BCUT2D eigenvalue weighted by atomic mass is 10.2. The SMILES string of the molecule is CN(C)c1ccc(C(=O)O[C@H]2CN(S(=O)(=O)c3ccccc3)C[C@@H]2Nc2nc3ccc(F)cc3[nH]2)cc1. The summed E-state index contributed by atoms with van der Waals surface area (Å²) >= 11 is 0. The number of fused-ring (bicyclic) bond motifs is 1. The van der Waals surface area contributed by atoms with Crippen LogP contribution in [0, 0.1) is 5.82 Å². The lowest BCUT2D eigenvalue weighted by Crippen LogP contribution is -2.36. The lowest BCUT2D eigenvalue weighted by Gasteiger charge is -2.20. The van der Waals surface area contributed by atoms with Gasteiger partial charge in [-0.15, -0.1) is 0 Å². The number of ether oxygens (including phenoxy) is 1. The van der Waals surface area contributed by atoms with Crippen LogP contribution in [0.15, 0.2) is 77.7 Å². The molecule has 0 radical (unpaired) electrons. The fraction of sp³-hybridized carbons (Fsp3) is 0.231. The van der Waals surface area contributed by atoms with E-state index in [4.69, 9.17) is 4.74 Å². The van der Waals surface area contributed by atoms with E-state index in [-0.39, 0.29) is 18.0 Å². The van der Waals surface area contributed by atoms with Gasteiger partial charge in [-0.1, -0.05) is 18.2 Å². The van der Waals surface area contributed by atoms with Crippen LogP contribution in [0.4, 0.5) is 16.0 Å².